The molecule has 1 N–H and O–H groups in total. The number of nitrogens with zero attached hydrogens (tertiary/aromatic N) is 1. The zero-order valence-corrected chi connectivity index (χ0v) is 14.1. The summed E-state index contributed by atoms with van der Waals surface area (Å²) in [6.45, 7) is 1.58. The van der Waals surface area contributed by atoms with Crippen molar-refractivity contribution in [3.63, 3.8) is 0 Å². The lowest BCUT2D eigenvalue weighted by Gasteiger charge is -2.06. The van der Waals surface area contributed by atoms with Gasteiger partial charge < -0.3 is 9.84 Å². The SMILES string of the molecule is Cc1ccc(Cl)cc1N=Cc1ccc(OCC(=O)O)c(Br)c1. The number of carboxylic acid groups (broad SMARTS) is 1. The van der Waals surface area contributed by atoms with E-state index in [1.54, 1.807) is 30.5 Å². The Morgan fingerprint density at radius 3 is 2.82 bits per heavy atom. The molecule has 0 spiro atoms. The minimum atomic E-state index is -1.02. The monoisotopic (exact) mass is 381 g/mol. The summed E-state index contributed by atoms with van der Waals surface area (Å²) in [5, 5.41) is 9.24. The van der Waals surface area contributed by atoms with Crippen LogP contribution in [0.5, 0.6) is 5.75 Å². The lowest BCUT2D eigenvalue weighted by Crippen LogP contribution is -2.09. The Balaban J connectivity index is 2.16. The highest BCUT2D eigenvalue weighted by molar-refractivity contribution is 9.10. The van der Waals surface area contributed by atoms with Crippen molar-refractivity contribution >= 4 is 45.4 Å². The van der Waals surface area contributed by atoms with E-state index in [-0.39, 0.29) is 6.61 Å². The van der Waals surface area contributed by atoms with E-state index in [4.69, 9.17) is 21.4 Å². The summed E-state index contributed by atoms with van der Waals surface area (Å²) in [6, 6.07) is 10.8. The second-order valence-corrected chi connectivity index (χ2v) is 5.85. The maximum absolute atomic E-state index is 10.5. The van der Waals surface area contributed by atoms with Crippen molar-refractivity contribution in [3.05, 3.63) is 57.0 Å². The van der Waals surface area contributed by atoms with Crippen LogP contribution in [0.1, 0.15) is 11.1 Å². The molecular formula is C16H13BrClNO3. The first-order valence-electron chi connectivity index (χ1n) is 6.40. The highest BCUT2D eigenvalue weighted by Gasteiger charge is 2.04. The van der Waals surface area contributed by atoms with Crippen molar-refractivity contribution in [1.82, 2.24) is 0 Å². The second-order valence-electron chi connectivity index (χ2n) is 4.56. The predicted molar refractivity (Wildman–Crippen MR) is 90.7 cm³/mol. The topological polar surface area (TPSA) is 58.9 Å². The van der Waals surface area contributed by atoms with Gasteiger partial charge in [-0.2, -0.15) is 0 Å². The predicted octanol–water partition coefficient (Wildman–Crippen LogP) is 4.62. The fourth-order valence-electron chi connectivity index (χ4n) is 1.72. The van der Waals surface area contributed by atoms with Gasteiger partial charge in [0, 0.05) is 11.2 Å². The van der Waals surface area contributed by atoms with Crippen LogP contribution < -0.4 is 4.74 Å². The van der Waals surface area contributed by atoms with Gasteiger partial charge in [0.1, 0.15) is 5.75 Å². The average Bonchev–Trinajstić information content (AvgIpc) is 2.47. The molecule has 0 atom stereocenters. The Morgan fingerprint density at radius 2 is 2.14 bits per heavy atom. The van der Waals surface area contributed by atoms with E-state index in [0.29, 0.717) is 15.2 Å². The Hall–Kier alpha value is -1.85. The number of aliphatic carboxylic acids is 1. The molecular weight excluding hydrogens is 370 g/mol. The molecule has 0 aromatic heterocycles. The molecule has 0 saturated heterocycles. The van der Waals surface area contributed by atoms with E-state index in [0.717, 1.165) is 16.8 Å². The zero-order chi connectivity index (χ0) is 16.1. The van der Waals surface area contributed by atoms with Gasteiger partial charge in [-0.1, -0.05) is 17.7 Å². The molecule has 0 unspecified atom stereocenters. The maximum atomic E-state index is 10.5. The molecule has 2 aromatic rings. The molecule has 114 valence electrons. The number of hydrogen-bond donors (Lipinski definition) is 1. The second kappa shape index (κ2) is 7.42. The molecule has 0 aliphatic rings. The summed E-state index contributed by atoms with van der Waals surface area (Å²) in [7, 11) is 0. The summed E-state index contributed by atoms with van der Waals surface area (Å²) < 4.78 is 5.81. The van der Waals surface area contributed by atoms with Crippen LogP contribution in [-0.4, -0.2) is 23.9 Å². The molecule has 2 rings (SSSR count). The number of halogens is 2. The van der Waals surface area contributed by atoms with Gasteiger partial charge in [0.25, 0.3) is 0 Å². The standard InChI is InChI=1S/C16H13BrClNO3/c1-10-2-4-12(18)7-14(10)19-8-11-3-5-15(13(17)6-11)22-9-16(20)21/h2-8H,9H2,1H3,(H,20,21). The molecule has 0 amide bonds. The van der Waals surface area contributed by atoms with Gasteiger partial charge in [-0.15, -0.1) is 0 Å². The van der Waals surface area contributed by atoms with Crippen molar-refractivity contribution in [2.75, 3.05) is 6.61 Å². The number of aliphatic imine (C=N–C) groups is 1. The minimum absolute atomic E-state index is 0.381. The molecule has 0 aliphatic carbocycles. The van der Waals surface area contributed by atoms with Gasteiger partial charge in [0.05, 0.1) is 10.2 Å². The van der Waals surface area contributed by atoms with Gasteiger partial charge >= 0.3 is 5.97 Å². The molecule has 0 heterocycles. The van der Waals surface area contributed by atoms with Gasteiger partial charge in [-0.3, -0.25) is 4.99 Å². The number of carboxylic acids is 1. The van der Waals surface area contributed by atoms with E-state index in [9.17, 15) is 4.79 Å². The Morgan fingerprint density at radius 1 is 1.36 bits per heavy atom. The number of benzene rings is 2. The molecule has 2 aromatic carbocycles. The van der Waals surface area contributed by atoms with Crippen molar-refractivity contribution in [2.24, 2.45) is 4.99 Å². The highest BCUT2D eigenvalue weighted by Crippen LogP contribution is 2.26. The Bertz CT molecular complexity index is 731. The van der Waals surface area contributed by atoms with E-state index in [1.165, 1.54) is 0 Å². The van der Waals surface area contributed by atoms with Gasteiger partial charge in [-0.25, -0.2) is 4.79 Å². The van der Waals surface area contributed by atoms with E-state index >= 15 is 0 Å². The van der Waals surface area contributed by atoms with Crippen LogP contribution in [0, 0.1) is 6.92 Å². The van der Waals surface area contributed by atoms with Crippen LogP contribution in [0.25, 0.3) is 0 Å². The molecule has 4 nitrogen and oxygen atoms in total. The summed E-state index contributed by atoms with van der Waals surface area (Å²) in [5.74, 6) is -0.549. The van der Waals surface area contributed by atoms with Crippen molar-refractivity contribution in [1.29, 1.82) is 0 Å². The van der Waals surface area contributed by atoms with E-state index in [2.05, 4.69) is 20.9 Å². The highest BCUT2D eigenvalue weighted by atomic mass is 79.9. The number of ether oxygens (including phenoxy) is 1. The number of aryl methyl sites for hydroxylation is 1. The Kier molecular flexibility index (Phi) is 5.57. The first-order valence-corrected chi connectivity index (χ1v) is 7.57. The first kappa shape index (κ1) is 16.5. The number of rotatable bonds is 5. The molecule has 22 heavy (non-hydrogen) atoms. The lowest BCUT2D eigenvalue weighted by atomic mass is 10.2. The third-order valence-electron chi connectivity index (χ3n) is 2.83. The number of hydrogen-bond acceptors (Lipinski definition) is 3. The third-order valence-corrected chi connectivity index (χ3v) is 3.69. The summed E-state index contributed by atoms with van der Waals surface area (Å²) in [4.78, 5) is 14.9. The Labute approximate surface area is 141 Å². The molecule has 0 aliphatic heterocycles. The van der Waals surface area contributed by atoms with Crippen LogP contribution in [0.4, 0.5) is 5.69 Å². The van der Waals surface area contributed by atoms with Crippen molar-refractivity contribution < 1.29 is 14.6 Å². The largest absolute Gasteiger partial charge is 0.481 e. The van der Waals surface area contributed by atoms with E-state index in [1.807, 2.05) is 19.1 Å². The summed E-state index contributed by atoms with van der Waals surface area (Å²) >= 11 is 9.31. The molecule has 0 saturated carbocycles. The van der Waals surface area contributed by atoms with Crippen LogP contribution in [0.3, 0.4) is 0 Å². The molecule has 0 fully saturated rings. The number of carbonyl (C=O) groups is 1. The maximum Gasteiger partial charge on any atom is 0.341 e. The zero-order valence-electron chi connectivity index (χ0n) is 11.7. The average molecular weight is 383 g/mol. The van der Waals surface area contributed by atoms with Crippen molar-refractivity contribution in [2.45, 2.75) is 6.92 Å². The fourth-order valence-corrected chi connectivity index (χ4v) is 2.40. The van der Waals surface area contributed by atoms with Gasteiger partial charge in [0.2, 0.25) is 0 Å². The minimum Gasteiger partial charge on any atom is -0.481 e. The van der Waals surface area contributed by atoms with Crippen LogP contribution in [-0.2, 0) is 4.79 Å². The first-order chi connectivity index (χ1) is 10.5. The summed E-state index contributed by atoms with van der Waals surface area (Å²) in [5.41, 5.74) is 2.69. The smallest absolute Gasteiger partial charge is 0.341 e. The normalized spacial score (nSPS) is 10.9. The van der Waals surface area contributed by atoms with Crippen LogP contribution >= 0.6 is 27.5 Å². The van der Waals surface area contributed by atoms with Gasteiger partial charge in [0.15, 0.2) is 6.61 Å². The van der Waals surface area contributed by atoms with Crippen LogP contribution in [0.2, 0.25) is 5.02 Å². The van der Waals surface area contributed by atoms with E-state index < -0.39 is 5.97 Å². The molecule has 6 heteroatoms. The third kappa shape index (κ3) is 4.58. The molecule has 0 bridgehead atoms. The van der Waals surface area contributed by atoms with Crippen LogP contribution in [0.15, 0.2) is 45.9 Å². The lowest BCUT2D eigenvalue weighted by molar-refractivity contribution is -0.139. The van der Waals surface area contributed by atoms with Gasteiger partial charge in [-0.05, 0) is 64.3 Å². The fraction of sp³-hybridized carbons (Fsp3) is 0.125. The summed E-state index contributed by atoms with van der Waals surface area (Å²) in [6.07, 6.45) is 1.71. The van der Waals surface area contributed by atoms with Crippen molar-refractivity contribution in [3.8, 4) is 5.75 Å². The molecule has 0 radical (unpaired) electrons. The quantitative estimate of drug-likeness (QED) is 0.767.